The van der Waals surface area contributed by atoms with E-state index in [1.807, 2.05) is 12.1 Å². The van der Waals surface area contributed by atoms with E-state index in [0.29, 0.717) is 31.7 Å². The van der Waals surface area contributed by atoms with Gasteiger partial charge in [0.05, 0.1) is 13.7 Å². The lowest BCUT2D eigenvalue weighted by Crippen LogP contribution is -2.49. The molecule has 12 heteroatoms. The highest BCUT2D eigenvalue weighted by atomic mass is 19.4. The minimum absolute atomic E-state index is 0.151. The molecule has 4 rings (SSSR count). The van der Waals surface area contributed by atoms with Gasteiger partial charge in [0.25, 0.3) is 0 Å². The van der Waals surface area contributed by atoms with Crippen LogP contribution in [0.15, 0.2) is 42.7 Å². The number of hydrogen-bond acceptors (Lipinski definition) is 4. The molecule has 0 unspecified atom stereocenters. The second-order valence-electron chi connectivity index (χ2n) is 8.41. The van der Waals surface area contributed by atoms with Crippen molar-refractivity contribution in [2.24, 2.45) is 0 Å². The lowest BCUT2D eigenvalue weighted by Gasteiger charge is -2.36. The molecule has 1 saturated heterocycles. The number of fused-ring (bicyclic) bond motifs is 1. The Labute approximate surface area is 203 Å². The van der Waals surface area contributed by atoms with Crippen LogP contribution in [0.1, 0.15) is 24.8 Å². The van der Waals surface area contributed by atoms with Crippen molar-refractivity contribution in [3.05, 3.63) is 48.3 Å². The van der Waals surface area contributed by atoms with Crippen molar-refractivity contribution >= 4 is 22.8 Å². The molecular weight excluding hydrogens is 487 g/mol. The van der Waals surface area contributed by atoms with Gasteiger partial charge in [-0.1, -0.05) is 0 Å². The van der Waals surface area contributed by atoms with E-state index < -0.39 is 24.9 Å². The molecule has 3 aromatic rings. The van der Waals surface area contributed by atoms with E-state index in [1.54, 1.807) is 34.3 Å². The fourth-order valence-electron chi connectivity index (χ4n) is 4.09. The number of urea groups is 1. The molecule has 1 fully saturated rings. The Bertz CT molecular complexity index is 1210. The summed E-state index contributed by atoms with van der Waals surface area (Å²) in [7, 11) is 1.38. The van der Waals surface area contributed by atoms with Gasteiger partial charge in [-0.3, -0.25) is 4.90 Å². The van der Waals surface area contributed by atoms with Gasteiger partial charge in [0.15, 0.2) is 11.5 Å². The third-order valence-corrected chi connectivity index (χ3v) is 5.99. The Kier molecular flexibility index (Phi) is 7.23. The summed E-state index contributed by atoms with van der Waals surface area (Å²) in [6, 6.07) is 8.31. The maximum absolute atomic E-state index is 13.3. The lowest BCUT2D eigenvalue weighted by molar-refractivity contribution is -0.284. The fraction of sp³-hybridized carbons (Fsp3) is 0.417. The number of pyridine rings is 1. The van der Waals surface area contributed by atoms with Gasteiger partial charge in [0.2, 0.25) is 0 Å². The highest BCUT2D eigenvalue weighted by molar-refractivity contribution is 5.93. The first-order chi connectivity index (χ1) is 17.1. The molecule has 7 nitrogen and oxygen atoms in total. The predicted octanol–water partition coefficient (Wildman–Crippen LogP) is 5.76. The normalized spacial score (nSPS) is 15.0. The molecule has 1 aliphatic rings. The Hall–Kier alpha value is -3.57. The summed E-state index contributed by atoms with van der Waals surface area (Å²) in [6.07, 6.45) is -3.33. The Morgan fingerprint density at radius 1 is 1.08 bits per heavy atom. The van der Waals surface area contributed by atoms with E-state index in [1.165, 1.54) is 13.2 Å². The van der Waals surface area contributed by atoms with Gasteiger partial charge in [-0.15, -0.1) is 0 Å². The highest BCUT2D eigenvalue weighted by Crippen LogP contribution is 2.39. The van der Waals surface area contributed by atoms with Crippen molar-refractivity contribution in [3.8, 4) is 11.5 Å². The van der Waals surface area contributed by atoms with Crippen LogP contribution in [0.25, 0.3) is 11.0 Å². The summed E-state index contributed by atoms with van der Waals surface area (Å²) < 4.78 is 74.1. The van der Waals surface area contributed by atoms with Crippen LogP contribution in [0, 0.1) is 0 Å². The number of rotatable bonds is 9. The number of anilines is 1. The minimum atomic E-state index is -5.60. The zero-order valence-corrected chi connectivity index (χ0v) is 19.4. The zero-order chi connectivity index (χ0) is 25.9. The molecule has 194 valence electrons. The summed E-state index contributed by atoms with van der Waals surface area (Å²) in [4.78, 5) is 23.9. The van der Waals surface area contributed by atoms with Gasteiger partial charge < -0.3 is 19.4 Å². The fourth-order valence-corrected chi connectivity index (χ4v) is 4.09. The number of H-pyrrole nitrogens is 1. The van der Waals surface area contributed by atoms with Crippen molar-refractivity contribution in [2.45, 2.75) is 37.9 Å². The molecule has 1 aliphatic heterocycles. The molecule has 0 spiro atoms. The second-order valence-corrected chi connectivity index (χ2v) is 8.41. The summed E-state index contributed by atoms with van der Waals surface area (Å²) in [5.74, 6) is -4.36. The van der Waals surface area contributed by atoms with Crippen molar-refractivity contribution in [2.75, 3.05) is 31.7 Å². The monoisotopic (exact) mass is 512 g/mol. The molecular formula is C24H25F5N4O3. The third-order valence-electron chi connectivity index (χ3n) is 5.99. The molecule has 2 aromatic heterocycles. The average molecular weight is 512 g/mol. The van der Waals surface area contributed by atoms with Crippen LogP contribution < -0.4 is 14.4 Å². The Morgan fingerprint density at radius 3 is 2.64 bits per heavy atom. The van der Waals surface area contributed by atoms with Crippen LogP contribution in [-0.4, -0.2) is 59.8 Å². The molecule has 2 amide bonds. The van der Waals surface area contributed by atoms with Crippen molar-refractivity contribution in [1.82, 2.24) is 14.9 Å². The number of benzene rings is 1. The number of carbonyl (C=O) groups excluding carboxylic acids is 1. The van der Waals surface area contributed by atoms with E-state index in [9.17, 15) is 26.7 Å². The van der Waals surface area contributed by atoms with E-state index in [2.05, 4.69) is 9.97 Å². The maximum atomic E-state index is 13.3. The summed E-state index contributed by atoms with van der Waals surface area (Å²) in [5, 5.41) is 0.929. The predicted molar refractivity (Wildman–Crippen MR) is 123 cm³/mol. The number of methoxy groups -OCH3 is 1. The van der Waals surface area contributed by atoms with Crippen LogP contribution in [0.4, 0.5) is 32.4 Å². The standard InChI is InChI=1S/C24H25F5N4O3/c1-35-19-5-4-17(14-20(19)36-13-2-8-23(25,26)24(27,28)29)33-12-3-11-32(22(33)34)15-16-6-9-30-21-18(16)7-10-31-21/h4-7,9-10,14H,2-3,8,11-13,15H2,1H3,(H,30,31). The number of amides is 2. The second kappa shape index (κ2) is 10.2. The number of ether oxygens (including phenoxy) is 2. The number of nitrogens with one attached hydrogen (secondary N) is 1. The highest BCUT2D eigenvalue weighted by Gasteiger charge is 2.56. The number of halogens is 5. The van der Waals surface area contributed by atoms with Crippen molar-refractivity contribution < 1.29 is 36.2 Å². The van der Waals surface area contributed by atoms with Crippen LogP contribution >= 0.6 is 0 Å². The van der Waals surface area contributed by atoms with Crippen molar-refractivity contribution in [3.63, 3.8) is 0 Å². The quantitative estimate of drug-likeness (QED) is 0.292. The van der Waals surface area contributed by atoms with E-state index in [0.717, 1.165) is 16.6 Å². The number of aromatic amines is 1. The number of carbonyl (C=O) groups is 1. The summed E-state index contributed by atoms with van der Waals surface area (Å²) in [5.41, 5.74) is 2.19. The first-order valence-electron chi connectivity index (χ1n) is 11.3. The number of aromatic nitrogens is 2. The lowest BCUT2D eigenvalue weighted by atomic mass is 10.1. The van der Waals surface area contributed by atoms with Gasteiger partial charge in [-0.05, 0) is 42.7 Å². The van der Waals surface area contributed by atoms with Crippen LogP contribution in [0.5, 0.6) is 11.5 Å². The third kappa shape index (κ3) is 5.31. The SMILES string of the molecule is COc1ccc(N2CCCN(Cc3ccnc4[nH]ccc34)C2=O)cc1OCCCC(F)(F)C(F)(F)F. The number of alkyl halides is 5. The molecule has 0 atom stereocenters. The van der Waals surface area contributed by atoms with Crippen LogP contribution in [0.3, 0.4) is 0 Å². The topological polar surface area (TPSA) is 70.7 Å². The molecule has 1 N–H and O–H groups in total. The number of nitrogens with zero attached hydrogens (tertiary/aromatic N) is 3. The zero-order valence-electron chi connectivity index (χ0n) is 19.4. The first kappa shape index (κ1) is 25.5. The maximum Gasteiger partial charge on any atom is 0.453 e. The molecule has 0 saturated carbocycles. The molecule has 3 heterocycles. The largest absolute Gasteiger partial charge is 0.493 e. The van der Waals surface area contributed by atoms with Crippen molar-refractivity contribution in [1.29, 1.82) is 0 Å². The van der Waals surface area contributed by atoms with Gasteiger partial charge in [-0.25, -0.2) is 9.78 Å². The number of hydrogen-bond donors (Lipinski definition) is 1. The minimum Gasteiger partial charge on any atom is -0.493 e. The Morgan fingerprint density at radius 2 is 1.89 bits per heavy atom. The van der Waals surface area contributed by atoms with E-state index in [4.69, 9.17) is 9.47 Å². The molecule has 0 aliphatic carbocycles. The molecule has 0 radical (unpaired) electrons. The summed E-state index contributed by atoms with van der Waals surface area (Å²) in [6.45, 7) is 1.03. The first-order valence-corrected chi connectivity index (χ1v) is 11.3. The van der Waals surface area contributed by atoms with Crippen LogP contribution in [0.2, 0.25) is 0 Å². The molecule has 1 aromatic carbocycles. The van der Waals surface area contributed by atoms with E-state index in [-0.39, 0.29) is 24.1 Å². The molecule has 36 heavy (non-hydrogen) atoms. The Balaban J connectivity index is 1.45. The van der Waals surface area contributed by atoms with E-state index >= 15 is 0 Å². The van der Waals surface area contributed by atoms with Crippen LogP contribution in [-0.2, 0) is 6.54 Å². The summed E-state index contributed by atoms with van der Waals surface area (Å²) >= 11 is 0. The van der Waals surface area contributed by atoms with Gasteiger partial charge >= 0.3 is 18.1 Å². The van der Waals surface area contributed by atoms with Gasteiger partial charge in [0, 0.05) is 55.6 Å². The smallest absolute Gasteiger partial charge is 0.453 e. The average Bonchev–Trinajstić information content (AvgIpc) is 3.32. The molecule has 0 bridgehead atoms. The van der Waals surface area contributed by atoms with Gasteiger partial charge in [0.1, 0.15) is 5.65 Å². The van der Waals surface area contributed by atoms with Gasteiger partial charge in [-0.2, -0.15) is 22.0 Å².